The zero-order chi connectivity index (χ0) is 60.2. The Morgan fingerprint density at radius 3 is 1.34 bits per heavy atom. The van der Waals surface area contributed by atoms with Crippen LogP contribution in [0, 0.1) is 0 Å². The van der Waals surface area contributed by atoms with E-state index in [0.717, 1.165) is 73.7 Å². The molecule has 0 aliphatic carbocycles. The van der Waals surface area contributed by atoms with E-state index in [9.17, 15) is 0 Å². The van der Waals surface area contributed by atoms with Crippen molar-refractivity contribution in [2.75, 3.05) is 78.9 Å². The fourth-order valence-electron chi connectivity index (χ4n) is 8.04. The number of aliphatic hydroxyl groups is 2. The average Bonchev–Trinajstić information content (AvgIpc) is 4.62. The summed E-state index contributed by atoms with van der Waals surface area (Å²) in [7, 11) is 0. The second-order valence-corrected chi connectivity index (χ2v) is 19.4. The van der Waals surface area contributed by atoms with E-state index in [4.69, 9.17) is 29.2 Å². The van der Waals surface area contributed by atoms with Crippen molar-refractivity contribution >= 4 is 59.4 Å². The van der Waals surface area contributed by atoms with E-state index in [0.29, 0.717) is 69.5 Å². The molecule has 0 bridgehead atoms. The normalized spacial score (nSPS) is 15.6. The Kier molecular flexibility index (Phi) is 32.2. The quantitative estimate of drug-likeness (QED) is 0.0482. The lowest BCUT2D eigenvalue weighted by molar-refractivity contribution is 0.291. The molecule has 0 spiro atoms. The van der Waals surface area contributed by atoms with Crippen LogP contribution in [0.15, 0.2) is 210 Å². The fourth-order valence-corrected chi connectivity index (χ4v) is 8.04. The van der Waals surface area contributed by atoms with E-state index in [1.54, 1.807) is 31.0 Å². The maximum Gasteiger partial charge on any atom is 0.273 e. The molecule has 18 heteroatoms. The van der Waals surface area contributed by atoms with Crippen LogP contribution in [0.2, 0.25) is 0 Å². The number of nitrogens with zero attached hydrogens (tertiary/aromatic N) is 12. The third kappa shape index (κ3) is 27.1. The standard InChI is InChI=1S/C20H20N2O2.C15H18N2.C10H14N2.C9H12N2O.C8H10N2O.C6H8N2O2/c1-3-7-15(8-4-1)11-17-13-23-19(21-17)20-22-18(14-24-20)12-16-9-5-2-6-10-16;1-2-3-6-11-16-12-14-10-9-13-7-4-5-8-15(13)17-14;1-2-3-7-11-9-10-6-4-5-8-12-10;12-7-3-5-10-8-9-4-1-2-6-11-9;11-6-5-9-7-8-3-1-2-4-10-8;1-3-9-5(7-1)6-8-2-4-10-6/h1-10,17-18H,11-14H2;4-5,7-10,12H,2-3,6,11H2,1H3;4-6,8-9H,2-3,7H2,1H3;1-2,4,6,8,12H,3,5,7H2;1-4,7,11H,5-6H2;1-4H2. The van der Waals surface area contributed by atoms with Crippen LogP contribution in [-0.2, 0) is 31.8 Å². The van der Waals surface area contributed by atoms with Gasteiger partial charge in [-0.15, -0.1) is 0 Å². The van der Waals surface area contributed by atoms with Crippen molar-refractivity contribution in [3.05, 3.63) is 204 Å². The first-order chi connectivity index (χ1) is 42.5. The van der Waals surface area contributed by atoms with Crippen molar-refractivity contribution < 1.29 is 29.2 Å². The zero-order valence-electron chi connectivity index (χ0n) is 49.7. The lowest BCUT2D eigenvalue weighted by Crippen LogP contribution is -2.14. The summed E-state index contributed by atoms with van der Waals surface area (Å²) in [5.41, 5.74) is 7.13. The summed E-state index contributed by atoms with van der Waals surface area (Å²) in [6.07, 6.45) is 20.8. The van der Waals surface area contributed by atoms with E-state index >= 15 is 0 Å². The van der Waals surface area contributed by atoms with Crippen molar-refractivity contribution in [1.82, 2.24) is 19.9 Å². The van der Waals surface area contributed by atoms with Crippen LogP contribution in [0.1, 0.15) is 86.3 Å². The smallest absolute Gasteiger partial charge is 0.273 e. The van der Waals surface area contributed by atoms with E-state index in [1.807, 2.05) is 128 Å². The van der Waals surface area contributed by atoms with Crippen molar-refractivity contribution in [1.29, 1.82) is 0 Å². The summed E-state index contributed by atoms with van der Waals surface area (Å²) < 4.78 is 21.7. The summed E-state index contributed by atoms with van der Waals surface area (Å²) >= 11 is 0. The number of hydrogen-bond donors (Lipinski definition) is 2. The average molecular weight is 1160 g/mol. The topological polar surface area (TPSA) is 228 Å². The van der Waals surface area contributed by atoms with Gasteiger partial charge in [0.05, 0.1) is 66.6 Å². The Morgan fingerprint density at radius 1 is 0.430 bits per heavy atom. The van der Waals surface area contributed by atoms with Gasteiger partial charge in [0.15, 0.2) is 0 Å². The summed E-state index contributed by atoms with van der Waals surface area (Å²) in [5, 5.41) is 18.1. The lowest BCUT2D eigenvalue weighted by atomic mass is 10.1. The van der Waals surface area contributed by atoms with Crippen molar-refractivity contribution in [2.45, 2.75) is 77.3 Å². The van der Waals surface area contributed by atoms with Gasteiger partial charge in [0.2, 0.25) is 0 Å². The van der Waals surface area contributed by atoms with Gasteiger partial charge >= 0.3 is 0 Å². The highest BCUT2D eigenvalue weighted by atomic mass is 16.6. The minimum Gasteiger partial charge on any atom is -0.472 e. The van der Waals surface area contributed by atoms with Gasteiger partial charge in [-0.3, -0.25) is 34.9 Å². The highest BCUT2D eigenvalue weighted by molar-refractivity contribution is 6.36. The van der Waals surface area contributed by atoms with Gasteiger partial charge in [-0.1, -0.05) is 136 Å². The molecule has 3 aromatic carbocycles. The number of rotatable bonds is 22. The molecule has 2 unspecified atom stereocenters. The van der Waals surface area contributed by atoms with Gasteiger partial charge in [-0.2, -0.15) is 0 Å². The number of aliphatic imine (C=N–C) groups is 8. The number of para-hydroxylation sites is 1. The molecule has 0 saturated carbocycles. The maximum atomic E-state index is 8.47. The molecule has 86 heavy (non-hydrogen) atoms. The highest BCUT2D eigenvalue weighted by Gasteiger charge is 2.29. The summed E-state index contributed by atoms with van der Waals surface area (Å²) in [6.45, 7) is 11.5. The first kappa shape index (κ1) is 66.1. The van der Waals surface area contributed by atoms with E-state index in [-0.39, 0.29) is 25.3 Å². The van der Waals surface area contributed by atoms with E-state index in [1.165, 1.54) is 42.2 Å². The minimum atomic E-state index is 0.0866. The molecule has 0 amide bonds. The molecule has 2 N–H and O–H groups in total. The predicted molar refractivity (Wildman–Crippen MR) is 349 cm³/mol. The molecule has 0 fully saturated rings. The second-order valence-electron chi connectivity index (χ2n) is 19.4. The van der Waals surface area contributed by atoms with Gasteiger partial charge in [-0.25, -0.2) is 25.0 Å². The molecule has 7 aromatic rings. The number of pyridine rings is 4. The number of aromatic nitrogens is 4. The Morgan fingerprint density at radius 2 is 0.884 bits per heavy atom. The van der Waals surface area contributed by atoms with Crippen molar-refractivity contribution in [3.8, 4) is 0 Å². The first-order valence-electron chi connectivity index (χ1n) is 29.7. The minimum absolute atomic E-state index is 0.0866. The van der Waals surface area contributed by atoms with Gasteiger partial charge in [0, 0.05) is 75.1 Å². The van der Waals surface area contributed by atoms with Crippen LogP contribution in [0.3, 0.4) is 0 Å². The Hall–Kier alpha value is -9.00. The molecule has 4 aliphatic heterocycles. The number of fused-ring (bicyclic) bond motifs is 1. The SMILES string of the molecule is C1COC(C2=NCCO2)=N1.CCCCCN=Cc1ccc2ccccc2n1.CCCCN=Cc1ccccn1.OCCCN=Cc1ccccn1.OCCN=Cc1ccccn1.c1ccc(CC2COC(C3=NC(Cc4ccccc4)CO3)=N2)cc1. The fraction of sp³-hybridized carbons (Fsp3) is 0.353. The number of benzene rings is 3. The molecule has 18 nitrogen and oxygen atoms in total. The summed E-state index contributed by atoms with van der Waals surface area (Å²) in [6, 6.07) is 50.4. The van der Waals surface area contributed by atoms with Crippen molar-refractivity contribution in [3.63, 3.8) is 0 Å². The molecule has 2 atom stereocenters. The summed E-state index contributed by atoms with van der Waals surface area (Å²) in [4.78, 5) is 50.8. The first-order valence-corrected chi connectivity index (χ1v) is 29.7. The van der Waals surface area contributed by atoms with E-state index < -0.39 is 0 Å². The number of aliphatic hydroxyl groups excluding tert-OH is 2. The molecule has 8 heterocycles. The third-order valence-electron chi connectivity index (χ3n) is 12.4. The van der Waals surface area contributed by atoms with Crippen LogP contribution < -0.4 is 0 Å². The third-order valence-corrected chi connectivity index (χ3v) is 12.4. The van der Waals surface area contributed by atoms with Gasteiger partial charge < -0.3 is 29.2 Å². The van der Waals surface area contributed by atoms with Gasteiger partial charge in [0.1, 0.15) is 26.4 Å². The zero-order valence-corrected chi connectivity index (χ0v) is 49.7. The van der Waals surface area contributed by atoms with Crippen molar-refractivity contribution in [2.24, 2.45) is 39.9 Å². The summed E-state index contributed by atoms with van der Waals surface area (Å²) in [5.74, 6) is 2.29. The van der Waals surface area contributed by atoms with Crippen LogP contribution >= 0.6 is 0 Å². The lowest BCUT2D eigenvalue weighted by Gasteiger charge is -2.04. The van der Waals surface area contributed by atoms with Crippen LogP contribution in [0.5, 0.6) is 0 Å². The van der Waals surface area contributed by atoms with Crippen LogP contribution in [0.4, 0.5) is 0 Å². The molecule has 11 rings (SSSR count). The largest absolute Gasteiger partial charge is 0.472 e. The Bertz CT molecular complexity index is 3040. The number of unbranched alkanes of at least 4 members (excludes halogenated alkanes) is 3. The molecular formula is C68H82N12O6. The number of ether oxygens (including phenoxy) is 4. The molecule has 0 saturated heterocycles. The van der Waals surface area contributed by atoms with Crippen LogP contribution in [-0.4, -0.2) is 170 Å². The van der Waals surface area contributed by atoms with Gasteiger partial charge in [0.25, 0.3) is 23.6 Å². The van der Waals surface area contributed by atoms with Crippen LogP contribution in [0.25, 0.3) is 10.9 Å². The molecule has 4 aliphatic rings. The molecular weight excluding hydrogens is 1080 g/mol. The Labute approximate surface area is 506 Å². The Balaban J connectivity index is 0.000000171. The maximum absolute atomic E-state index is 8.47. The molecule has 4 aromatic heterocycles. The molecule has 0 radical (unpaired) electrons. The molecule has 450 valence electrons. The second kappa shape index (κ2) is 41.9. The number of hydrogen-bond acceptors (Lipinski definition) is 18. The highest BCUT2D eigenvalue weighted by Crippen LogP contribution is 2.18. The monoisotopic (exact) mass is 1160 g/mol. The predicted octanol–water partition coefficient (Wildman–Crippen LogP) is 10.4. The van der Waals surface area contributed by atoms with Gasteiger partial charge in [-0.05, 0) is 91.8 Å². The van der Waals surface area contributed by atoms with E-state index in [2.05, 4.69) is 110 Å².